The Morgan fingerprint density at radius 3 is 2.59 bits per heavy atom. The summed E-state index contributed by atoms with van der Waals surface area (Å²) in [7, 11) is 3.49. The number of hydrogen-bond donors (Lipinski definition) is 2. The molecule has 0 aromatic rings. The number of carbonyl (C=O) groups excluding carboxylic acids is 1. The van der Waals surface area contributed by atoms with Crippen LogP contribution in [0.25, 0.3) is 0 Å². The van der Waals surface area contributed by atoms with E-state index in [2.05, 4.69) is 10.3 Å². The van der Waals surface area contributed by atoms with Crippen molar-refractivity contribution in [1.82, 2.24) is 10.2 Å². The Morgan fingerprint density at radius 1 is 1.47 bits per heavy atom. The van der Waals surface area contributed by atoms with E-state index in [9.17, 15) is 4.79 Å². The van der Waals surface area contributed by atoms with Gasteiger partial charge in [-0.3, -0.25) is 9.79 Å². The Balaban J connectivity index is 0.00000256. The van der Waals surface area contributed by atoms with Gasteiger partial charge in [-0.1, -0.05) is 6.42 Å². The van der Waals surface area contributed by atoms with Crippen molar-refractivity contribution in [1.29, 1.82) is 0 Å². The Hall–Kier alpha value is -0.530. The molecule has 1 saturated carbocycles. The summed E-state index contributed by atoms with van der Waals surface area (Å²) < 4.78 is 0. The van der Waals surface area contributed by atoms with Gasteiger partial charge in [-0.25, -0.2) is 0 Å². The summed E-state index contributed by atoms with van der Waals surface area (Å²) in [6, 6.07) is 0. The van der Waals surface area contributed by atoms with Crippen LogP contribution in [0.5, 0.6) is 0 Å². The molecule has 0 aliphatic heterocycles. The van der Waals surface area contributed by atoms with Gasteiger partial charge in [0.15, 0.2) is 5.96 Å². The van der Waals surface area contributed by atoms with Crippen molar-refractivity contribution in [3.05, 3.63) is 0 Å². The molecular weight excluding hydrogens is 331 g/mol. The average molecular weight is 354 g/mol. The predicted molar refractivity (Wildman–Crippen MR) is 80.6 cm³/mol. The third kappa shape index (κ3) is 6.70. The van der Waals surface area contributed by atoms with Crippen LogP contribution in [0.2, 0.25) is 0 Å². The highest BCUT2D eigenvalue weighted by atomic mass is 127. The average Bonchev–Trinajstić information content (AvgIpc) is 2.15. The van der Waals surface area contributed by atoms with Gasteiger partial charge < -0.3 is 16.0 Å². The normalized spacial score (nSPS) is 15.8. The zero-order valence-corrected chi connectivity index (χ0v) is 12.9. The minimum Gasteiger partial charge on any atom is -0.370 e. The minimum absolute atomic E-state index is 0. The Labute approximate surface area is 120 Å². The Bertz CT molecular complexity index is 264. The molecule has 0 bridgehead atoms. The second-order valence-corrected chi connectivity index (χ2v) is 4.49. The van der Waals surface area contributed by atoms with Crippen LogP contribution < -0.4 is 11.1 Å². The summed E-state index contributed by atoms with van der Waals surface area (Å²) in [6.45, 7) is 1.37. The number of aliphatic imine (C=N–C) groups is 1. The zero-order chi connectivity index (χ0) is 12.0. The van der Waals surface area contributed by atoms with Crippen LogP contribution >= 0.6 is 24.0 Å². The van der Waals surface area contributed by atoms with Gasteiger partial charge in [0, 0.05) is 33.6 Å². The highest BCUT2D eigenvalue weighted by Crippen LogP contribution is 2.26. The monoisotopic (exact) mass is 354 g/mol. The first-order valence-corrected chi connectivity index (χ1v) is 5.83. The standard InChI is InChI=1S/C11H22N4O.HI/c1-15(2)10(16)6-7-13-11(12)14-8-9-4-3-5-9;/h9H,3-8H2,1-2H3,(H3,12,13,14);1H. The van der Waals surface area contributed by atoms with Crippen LogP contribution in [-0.4, -0.2) is 44.0 Å². The van der Waals surface area contributed by atoms with Crippen LogP contribution in [0.1, 0.15) is 25.7 Å². The summed E-state index contributed by atoms with van der Waals surface area (Å²) in [5, 5.41) is 2.95. The summed E-state index contributed by atoms with van der Waals surface area (Å²) >= 11 is 0. The molecule has 0 unspecified atom stereocenters. The first-order valence-electron chi connectivity index (χ1n) is 5.83. The van der Waals surface area contributed by atoms with Crippen molar-refractivity contribution in [2.45, 2.75) is 25.7 Å². The van der Waals surface area contributed by atoms with Gasteiger partial charge in [0.1, 0.15) is 0 Å². The van der Waals surface area contributed by atoms with E-state index >= 15 is 0 Å². The van der Waals surface area contributed by atoms with Crippen LogP contribution in [0.3, 0.4) is 0 Å². The van der Waals surface area contributed by atoms with Crippen LogP contribution in [0, 0.1) is 5.92 Å². The van der Waals surface area contributed by atoms with E-state index in [-0.39, 0.29) is 29.9 Å². The van der Waals surface area contributed by atoms with Crippen LogP contribution in [-0.2, 0) is 4.79 Å². The number of amides is 1. The summed E-state index contributed by atoms with van der Waals surface area (Å²) in [4.78, 5) is 17.1. The predicted octanol–water partition coefficient (Wildman–Crippen LogP) is 0.787. The lowest BCUT2D eigenvalue weighted by atomic mass is 9.86. The van der Waals surface area contributed by atoms with E-state index in [0.717, 1.165) is 12.5 Å². The molecule has 0 radical (unpaired) electrons. The fourth-order valence-electron chi connectivity index (χ4n) is 1.48. The zero-order valence-electron chi connectivity index (χ0n) is 10.6. The first kappa shape index (κ1) is 16.5. The van der Waals surface area contributed by atoms with Gasteiger partial charge in [0.2, 0.25) is 5.91 Å². The van der Waals surface area contributed by atoms with Crippen molar-refractivity contribution in [2.24, 2.45) is 16.6 Å². The highest BCUT2D eigenvalue weighted by molar-refractivity contribution is 14.0. The second-order valence-electron chi connectivity index (χ2n) is 4.49. The summed E-state index contributed by atoms with van der Waals surface area (Å²) in [5.74, 6) is 1.28. The van der Waals surface area contributed by atoms with Crippen molar-refractivity contribution in [2.75, 3.05) is 27.2 Å². The lowest BCUT2D eigenvalue weighted by molar-refractivity contribution is -0.128. The van der Waals surface area contributed by atoms with E-state index < -0.39 is 0 Å². The smallest absolute Gasteiger partial charge is 0.223 e. The molecule has 6 heteroatoms. The molecule has 0 aromatic heterocycles. The van der Waals surface area contributed by atoms with E-state index in [1.165, 1.54) is 19.3 Å². The number of rotatable bonds is 5. The molecule has 17 heavy (non-hydrogen) atoms. The van der Waals surface area contributed by atoms with Gasteiger partial charge in [-0.05, 0) is 18.8 Å². The SMILES string of the molecule is CN(C)C(=O)CCNC(N)=NCC1CCC1.I. The Kier molecular flexibility index (Phi) is 8.28. The molecule has 0 heterocycles. The number of halogens is 1. The van der Waals surface area contributed by atoms with Crippen molar-refractivity contribution < 1.29 is 4.79 Å². The van der Waals surface area contributed by atoms with Crippen LogP contribution in [0.15, 0.2) is 4.99 Å². The van der Waals surface area contributed by atoms with E-state index in [1.54, 1.807) is 19.0 Å². The fraction of sp³-hybridized carbons (Fsp3) is 0.818. The van der Waals surface area contributed by atoms with Gasteiger partial charge in [0.05, 0.1) is 0 Å². The fourth-order valence-corrected chi connectivity index (χ4v) is 1.48. The summed E-state index contributed by atoms with van der Waals surface area (Å²) in [5.41, 5.74) is 5.68. The molecule has 0 saturated heterocycles. The third-order valence-electron chi connectivity index (χ3n) is 2.89. The largest absolute Gasteiger partial charge is 0.370 e. The van der Waals surface area contributed by atoms with Gasteiger partial charge in [-0.2, -0.15) is 0 Å². The number of nitrogens with zero attached hydrogens (tertiary/aromatic N) is 2. The highest BCUT2D eigenvalue weighted by Gasteiger charge is 2.16. The lowest BCUT2D eigenvalue weighted by Crippen LogP contribution is -2.35. The molecule has 1 fully saturated rings. The van der Waals surface area contributed by atoms with Crippen molar-refractivity contribution >= 4 is 35.8 Å². The van der Waals surface area contributed by atoms with Gasteiger partial charge >= 0.3 is 0 Å². The number of nitrogens with two attached hydrogens (primary N) is 1. The van der Waals surface area contributed by atoms with Crippen LogP contribution in [0.4, 0.5) is 0 Å². The molecule has 1 aliphatic rings. The molecule has 3 N–H and O–H groups in total. The maximum atomic E-state index is 11.3. The Morgan fingerprint density at radius 2 is 2.12 bits per heavy atom. The molecule has 100 valence electrons. The molecule has 1 rings (SSSR count). The molecule has 5 nitrogen and oxygen atoms in total. The molecule has 0 aromatic carbocycles. The first-order chi connectivity index (χ1) is 7.59. The lowest BCUT2D eigenvalue weighted by Gasteiger charge is -2.23. The maximum absolute atomic E-state index is 11.3. The molecule has 1 amide bonds. The number of carbonyl (C=O) groups is 1. The molecule has 0 atom stereocenters. The number of guanidine groups is 1. The molecular formula is C11H23IN4O. The topological polar surface area (TPSA) is 70.7 Å². The third-order valence-corrected chi connectivity index (χ3v) is 2.89. The van der Waals surface area contributed by atoms with Crippen molar-refractivity contribution in [3.8, 4) is 0 Å². The van der Waals surface area contributed by atoms with E-state index in [1.807, 2.05) is 0 Å². The van der Waals surface area contributed by atoms with E-state index in [4.69, 9.17) is 5.73 Å². The summed E-state index contributed by atoms with van der Waals surface area (Å²) in [6.07, 6.45) is 4.32. The number of nitrogens with one attached hydrogen (secondary N) is 1. The van der Waals surface area contributed by atoms with Gasteiger partial charge in [-0.15, -0.1) is 24.0 Å². The number of hydrogen-bond acceptors (Lipinski definition) is 2. The molecule has 0 spiro atoms. The quantitative estimate of drug-likeness (QED) is 0.436. The maximum Gasteiger partial charge on any atom is 0.223 e. The van der Waals surface area contributed by atoms with Gasteiger partial charge in [0.25, 0.3) is 0 Å². The second kappa shape index (κ2) is 8.54. The van der Waals surface area contributed by atoms with E-state index in [0.29, 0.717) is 18.9 Å². The van der Waals surface area contributed by atoms with Crippen molar-refractivity contribution in [3.63, 3.8) is 0 Å². The minimum atomic E-state index is 0. The molecule has 1 aliphatic carbocycles.